The van der Waals surface area contributed by atoms with Crippen molar-refractivity contribution in [1.82, 2.24) is 0 Å². The Bertz CT molecular complexity index is 1080. The summed E-state index contributed by atoms with van der Waals surface area (Å²) >= 11 is 4.64. The van der Waals surface area contributed by atoms with E-state index in [1.165, 1.54) is 34.2 Å². The quantitative estimate of drug-likeness (QED) is 0.156. The summed E-state index contributed by atoms with van der Waals surface area (Å²) in [6.07, 6.45) is 1.47. The van der Waals surface area contributed by atoms with Gasteiger partial charge in [-0.05, 0) is 57.4 Å². The second-order valence-electron chi connectivity index (χ2n) is 12.8. The van der Waals surface area contributed by atoms with Gasteiger partial charge in [-0.1, -0.05) is 262 Å². The average Bonchev–Trinajstić information content (AvgIpc) is 3.27. The first-order valence-electron chi connectivity index (χ1n) is 20.5. The maximum Gasteiger partial charge on any atom is 0.0785 e. The molecule has 0 radical (unpaired) electrons. The van der Waals surface area contributed by atoms with Crippen LogP contribution in [0.25, 0.3) is 0 Å². The first kappa shape index (κ1) is 60.6. The Morgan fingerprint density at radius 1 is 0.255 bits per heavy atom. The van der Waals surface area contributed by atoms with Crippen molar-refractivity contribution in [3.63, 3.8) is 0 Å². The van der Waals surface area contributed by atoms with Gasteiger partial charge in [-0.25, -0.2) is 0 Å². The smallest absolute Gasteiger partial charge is 0.0785 e. The fourth-order valence-electron chi connectivity index (χ4n) is 4.19. The summed E-state index contributed by atoms with van der Waals surface area (Å²) in [6, 6.07) is 52.6. The summed E-state index contributed by atoms with van der Waals surface area (Å²) < 4.78 is 9.50. The number of hydrogen-bond acceptors (Lipinski definition) is 0. The van der Waals surface area contributed by atoms with Crippen molar-refractivity contribution in [2.24, 2.45) is 0 Å². The van der Waals surface area contributed by atoms with E-state index in [1.807, 2.05) is 71.9 Å². The van der Waals surface area contributed by atoms with Crippen LogP contribution in [-0.4, -0.2) is 13.6 Å². The Balaban J connectivity index is -0.000000179. The van der Waals surface area contributed by atoms with Gasteiger partial charge in [0.15, 0.2) is 0 Å². The molecule has 0 aromatic heterocycles. The van der Waals surface area contributed by atoms with Gasteiger partial charge in [0.1, 0.15) is 0 Å². The Labute approximate surface area is 348 Å². The molecule has 0 unspecified atom stereocenters. The fourth-order valence-corrected chi connectivity index (χ4v) is 4.19. The molecule has 0 fully saturated rings. The predicted molar refractivity (Wildman–Crippen MR) is 256 cm³/mol. The summed E-state index contributed by atoms with van der Waals surface area (Å²) in [5.74, 6) is 3.29. The van der Waals surface area contributed by atoms with Gasteiger partial charge in [0.25, 0.3) is 0 Å². The van der Waals surface area contributed by atoms with Crippen molar-refractivity contribution in [3.05, 3.63) is 179 Å². The van der Waals surface area contributed by atoms with Gasteiger partial charge in [0.2, 0.25) is 0 Å². The molecule has 0 aliphatic carbocycles. The molecule has 0 N–H and O–H groups in total. The van der Waals surface area contributed by atoms with Crippen molar-refractivity contribution in [1.29, 1.82) is 0 Å². The van der Waals surface area contributed by atoms with Crippen molar-refractivity contribution in [3.8, 4) is 0 Å². The second-order valence-corrected chi connectivity index (χ2v) is 12.8. The number of halogens is 2. The molecule has 0 saturated carbocycles. The maximum atomic E-state index is 9.50. The Hall–Kier alpha value is -3.68. The van der Waals surface area contributed by atoms with Crippen molar-refractivity contribution in [2.45, 2.75) is 140 Å². The molecular formula is C53H84ClF. The number of rotatable bonds is 5. The van der Waals surface area contributed by atoms with E-state index in [4.69, 9.17) is 0 Å². The van der Waals surface area contributed by atoms with Gasteiger partial charge >= 0.3 is 0 Å². The number of hydrogen-bond donors (Lipinski definition) is 0. The topological polar surface area (TPSA) is 0 Å². The lowest BCUT2D eigenvalue weighted by atomic mass is 10.0. The molecule has 0 aliphatic rings. The zero-order valence-electron chi connectivity index (χ0n) is 38.6. The lowest BCUT2D eigenvalue weighted by molar-refractivity contribution is 0.636. The molecule has 0 atom stereocenters. The maximum absolute atomic E-state index is 9.50. The molecule has 5 aromatic rings. The minimum absolute atomic E-state index is 0.500. The monoisotopic (exact) mass is 775 g/mol. The summed E-state index contributed by atoms with van der Waals surface area (Å²) in [4.78, 5) is 0. The highest BCUT2D eigenvalue weighted by Crippen LogP contribution is 2.14. The largest absolute Gasteiger partial charge is 0.255 e. The Morgan fingerprint density at radius 2 is 0.345 bits per heavy atom. The van der Waals surface area contributed by atoms with Crippen LogP contribution in [0.5, 0.6) is 0 Å². The Morgan fingerprint density at radius 3 is 0.400 bits per heavy atom. The van der Waals surface area contributed by atoms with E-state index < -0.39 is 0 Å². The summed E-state index contributed by atoms with van der Waals surface area (Å²) in [5, 5.41) is 0. The Kier molecular flexibility index (Phi) is 51.2. The molecule has 0 saturated heterocycles. The standard InChI is InChI=1S/5C9H12.3C2H6.CH3Cl.CH3F/c5*1-8(2)9-6-4-3-5-7-9;5*1-2/h5*3-8H,1-2H3;3*1-2H3;2*1H3. The number of alkyl halides is 2. The SMILES string of the molecule is CC.CC.CC.CC(C)c1ccccc1.CC(C)c1ccccc1.CC(C)c1ccccc1.CC(C)c1ccccc1.CC(C)c1ccccc1.CCl.CF. The second kappa shape index (κ2) is 46.5. The zero-order chi connectivity index (χ0) is 43.5. The first-order chi connectivity index (χ1) is 26.5. The van der Waals surface area contributed by atoms with Crippen molar-refractivity contribution in [2.75, 3.05) is 13.6 Å². The van der Waals surface area contributed by atoms with Gasteiger partial charge in [-0.2, -0.15) is 0 Å². The van der Waals surface area contributed by atoms with E-state index >= 15 is 0 Å². The van der Waals surface area contributed by atoms with Crippen molar-refractivity contribution < 1.29 is 4.39 Å². The van der Waals surface area contributed by atoms with Crippen LogP contribution in [0.1, 0.15) is 168 Å². The predicted octanol–water partition coefficient (Wildman–Crippen LogP) is 18.6. The third-order valence-electron chi connectivity index (χ3n) is 7.33. The zero-order valence-corrected chi connectivity index (χ0v) is 39.3. The van der Waals surface area contributed by atoms with Crippen LogP contribution >= 0.6 is 11.6 Å². The van der Waals surface area contributed by atoms with E-state index in [0.29, 0.717) is 36.8 Å². The van der Waals surface area contributed by atoms with Crippen LogP contribution in [0.4, 0.5) is 4.39 Å². The normalized spacial score (nSPS) is 8.82. The van der Waals surface area contributed by atoms with Crippen LogP contribution in [-0.2, 0) is 0 Å². The lowest BCUT2D eigenvalue weighted by Gasteiger charge is -2.01. The molecule has 5 aromatic carbocycles. The summed E-state index contributed by atoms with van der Waals surface area (Å²) in [5.41, 5.74) is 7.07. The molecule has 55 heavy (non-hydrogen) atoms. The highest BCUT2D eigenvalue weighted by Gasteiger charge is 1.96. The van der Waals surface area contributed by atoms with Crippen molar-refractivity contribution >= 4 is 11.6 Å². The minimum atomic E-state index is 0.500. The molecule has 0 amide bonds. The molecule has 310 valence electrons. The third-order valence-corrected chi connectivity index (χ3v) is 7.33. The van der Waals surface area contributed by atoms with E-state index in [9.17, 15) is 4.39 Å². The van der Waals surface area contributed by atoms with E-state index in [0.717, 1.165) is 0 Å². The average molecular weight is 776 g/mol. The van der Waals surface area contributed by atoms with Gasteiger partial charge in [0.05, 0.1) is 7.18 Å². The van der Waals surface area contributed by atoms with Gasteiger partial charge < -0.3 is 0 Å². The molecule has 0 bridgehead atoms. The van der Waals surface area contributed by atoms with E-state index in [2.05, 4.69) is 202 Å². The molecule has 0 heterocycles. The van der Waals surface area contributed by atoms with Gasteiger partial charge in [-0.3, -0.25) is 4.39 Å². The molecule has 5 rings (SSSR count). The number of benzene rings is 5. The van der Waals surface area contributed by atoms with E-state index in [-0.39, 0.29) is 0 Å². The van der Waals surface area contributed by atoms with E-state index in [1.54, 1.807) is 0 Å². The summed E-state index contributed by atoms with van der Waals surface area (Å²) in [6.45, 7) is 34.0. The van der Waals surface area contributed by atoms with Crippen LogP contribution in [0, 0.1) is 0 Å². The summed E-state index contributed by atoms with van der Waals surface area (Å²) in [7, 11) is 0.500. The van der Waals surface area contributed by atoms with Gasteiger partial charge in [-0.15, -0.1) is 11.6 Å². The van der Waals surface area contributed by atoms with Crippen LogP contribution in [0.2, 0.25) is 0 Å². The molecule has 2 heteroatoms. The van der Waals surface area contributed by atoms with Crippen LogP contribution in [0.3, 0.4) is 0 Å². The van der Waals surface area contributed by atoms with Crippen LogP contribution < -0.4 is 0 Å². The highest BCUT2D eigenvalue weighted by molar-refractivity contribution is 6.15. The molecule has 0 nitrogen and oxygen atoms in total. The fraction of sp³-hybridized carbons (Fsp3) is 0.434. The highest BCUT2D eigenvalue weighted by atomic mass is 35.5. The minimum Gasteiger partial charge on any atom is -0.255 e. The first-order valence-corrected chi connectivity index (χ1v) is 21.3. The lowest BCUT2D eigenvalue weighted by Crippen LogP contribution is -1.83. The molecule has 0 aliphatic heterocycles. The van der Waals surface area contributed by atoms with Gasteiger partial charge in [0, 0.05) is 6.38 Å². The molecule has 0 spiro atoms. The van der Waals surface area contributed by atoms with Crippen LogP contribution in [0.15, 0.2) is 152 Å². The molecular weight excluding hydrogens is 691 g/mol. The third kappa shape index (κ3) is 37.0.